The molecule has 1 aliphatic rings. The third kappa shape index (κ3) is 4.02. The number of aryl methyl sites for hydroxylation is 2. The van der Waals surface area contributed by atoms with Crippen LogP contribution in [0.3, 0.4) is 0 Å². The normalized spacial score (nSPS) is 22.2. The summed E-state index contributed by atoms with van der Waals surface area (Å²) in [6.45, 7) is 6.23. The van der Waals surface area contributed by atoms with Crippen LogP contribution in [-0.2, 0) is 11.2 Å². The average molecular weight is 290 g/mol. The highest BCUT2D eigenvalue weighted by atomic mass is 16.4. The zero-order valence-electron chi connectivity index (χ0n) is 13.4. The predicted molar refractivity (Wildman–Crippen MR) is 82.5 cm³/mol. The molecule has 1 aromatic rings. The number of carboxylic acids is 1. The highest BCUT2D eigenvalue weighted by Crippen LogP contribution is 2.35. The van der Waals surface area contributed by atoms with Crippen molar-refractivity contribution in [1.29, 1.82) is 0 Å². The summed E-state index contributed by atoms with van der Waals surface area (Å²) in [5.41, 5.74) is 2.91. The lowest BCUT2D eigenvalue weighted by Crippen LogP contribution is -2.17. The topological polar surface area (TPSA) is 63.1 Å². The van der Waals surface area contributed by atoms with E-state index in [2.05, 4.69) is 16.9 Å². The molecular weight excluding hydrogens is 264 g/mol. The zero-order chi connectivity index (χ0) is 15.4. The molecule has 0 saturated heterocycles. The Morgan fingerprint density at radius 1 is 1.14 bits per heavy atom. The van der Waals surface area contributed by atoms with Crippen molar-refractivity contribution in [3.8, 4) is 0 Å². The fourth-order valence-electron chi connectivity index (χ4n) is 3.37. The summed E-state index contributed by atoms with van der Waals surface area (Å²) in [5, 5.41) is 8.82. The lowest BCUT2D eigenvalue weighted by atomic mass is 9.80. The van der Waals surface area contributed by atoms with E-state index in [0.29, 0.717) is 12.3 Å². The van der Waals surface area contributed by atoms with E-state index in [0.717, 1.165) is 28.7 Å². The van der Waals surface area contributed by atoms with E-state index in [1.165, 1.54) is 32.1 Å². The summed E-state index contributed by atoms with van der Waals surface area (Å²) in [6.07, 6.45) is 6.88. The van der Waals surface area contributed by atoms with Crippen molar-refractivity contribution >= 4 is 5.97 Å². The van der Waals surface area contributed by atoms with Crippen LogP contribution in [0.4, 0.5) is 0 Å². The molecule has 1 N–H and O–H groups in total. The van der Waals surface area contributed by atoms with Gasteiger partial charge in [0.1, 0.15) is 5.82 Å². The summed E-state index contributed by atoms with van der Waals surface area (Å²) >= 11 is 0. The van der Waals surface area contributed by atoms with Gasteiger partial charge in [-0.2, -0.15) is 0 Å². The maximum absolute atomic E-state index is 10.7. The van der Waals surface area contributed by atoms with Crippen molar-refractivity contribution < 1.29 is 9.90 Å². The smallest absolute Gasteiger partial charge is 0.303 e. The number of rotatable bonds is 5. The van der Waals surface area contributed by atoms with Gasteiger partial charge < -0.3 is 5.11 Å². The van der Waals surface area contributed by atoms with Gasteiger partial charge in [-0.15, -0.1) is 0 Å². The first-order valence-electron chi connectivity index (χ1n) is 8.07. The van der Waals surface area contributed by atoms with E-state index < -0.39 is 5.97 Å². The number of carbonyl (C=O) groups is 1. The van der Waals surface area contributed by atoms with E-state index in [1.807, 2.05) is 13.8 Å². The van der Waals surface area contributed by atoms with Gasteiger partial charge in [-0.25, -0.2) is 9.97 Å². The van der Waals surface area contributed by atoms with Crippen LogP contribution in [0.1, 0.15) is 74.1 Å². The summed E-state index contributed by atoms with van der Waals surface area (Å²) in [5.74, 6) is 1.56. The van der Waals surface area contributed by atoms with Gasteiger partial charge in [0, 0.05) is 23.7 Å². The van der Waals surface area contributed by atoms with Crippen LogP contribution >= 0.6 is 0 Å². The molecule has 4 nitrogen and oxygen atoms in total. The van der Waals surface area contributed by atoms with Gasteiger partial charge in [-0.05, 0) is 57.4 Å². The van der Waals surface area contributed by atoms with Crippen LogP contribution in [0.15, 0.2) is 0 Å². The summed E-state index contributed by atoms with van der Waals surface area (Å²) in [7, 11) is 0. The van der Waals surface area contributed by atoms with Crippen LogP contribution in [0.2, 0.25) is 0 Å². The molecule has 4 heteroatoms. The molecule has 0 radical (unpaired) electrons. The lowest BCUT2D eigenvalue weighted by Gasteiger charge is -2.27. The highest BCUT2D eigenvalue weighted by Gasteiger charge is 2.24. The molecule has 1 aliphatic carbocycles. The Labute approximate surface area is 127 Å². The Kier molecular flexibility index (Phi) is 5.32. The van der Waals surface area contributed by atoms with Crippen molar-refractivity contribution in [2.75, 3.05) is 0 Å². The quantitative estimate of drug-likeness (QED) is 0.896. The lowest BCUT2D eigenvalue weighted by molar-refractivity contribution is -0.136. The Morgan fingerprint density at radius 2 is 1.71 bits per heavy atom. The largest absolute Gasteiger partial charge is 0.481 e. The molecule has 1 fully saturated rings. The van der Waals surface area contributed by atoms with E-state index >= 15 is 0 Å². The fraction of sp³-hybridized carbons (Fsp3) is 0.706. The van der Waals surface area contributed by atoms with Crippen LogP contribution in [0.25, 0.3) is 0 Å². The molecule has 1 heterocycles. The molecule has 0 amide bonds. The molecule has 0 aromatic carbocycles. The molecular formula is C17H26N2O2. The van der Waals surface area contributed by atoms with Crippen LogP contribution in [0.5, 0.6) is 0 Å². The number of carboxylic acid groups (broad SMARTS) is 1. The summed E-state index contributed by atoms with van der Waals surface area (Å²) in [6, 6.07) is 0. The molecule has 0 bridgehead atoms. The maximum Gasteiger partial charge on any atom is 0.303 e. The second-order valence-corrected chi connectivity index (χ2v) is 6.25. The van der Waals surface area contributed by atoms with Gasteiger partial charge in [0.05, 0.1) is 0 Å². The maximum atomic E-state index is 10.7. The number of hydrogen-bond donors (Lipinski definition) is 1. The van der Waals surface area contributed by atoms with Crippen molar-refractivity contribution in [1.82, 2.24) is 9.97 Å². The molecule has 0 unspecified atom stereocenters. The Morgan fingerprint density at radius 3 is 2.19 bits per heavy atom. The third-order valence-electron chi connectivity index (χ3n) is 4.82. The average Bonchev–Trinajstić information content (AvgIpc) is 2.46. The standard InChI is InChI=1S/C17H26N2O2/c1-4-13-5-7-14(8-6-13)17-18-11(2)15(12(3)19-17)9-10-16(20)21/h13-14H,4-10H2,1-3H3,(H,20,21). The van der Waals surface area contributed by atoms with E-state index in [-0.39, 0.29) is 6.42 Å². The minimum atomic E-state index is -0.768. The molecule has 21 heavy (non-hydrogen) atoms. The molecule has 1 aromatic heterocycles. The van der Waals surface area contributed by atoms with E-state index in [1.54, 1.807) is 0 Å². The Hall–Kier alpha value is -1.45. The van der Waals surface area contributed by atoms with Crippen molar-refractivity contribution in [2.24, 2.45) is 5.92 Å². The number of hydrogen-bond acceptors (Lipinski definition) is 3. The van der Waals surface area contributed by atoms with E-state index in [4.69, 9.17) is 5.11 Å². The molecule has 2 rings (SSSR count). The molecule has 0 spiro atoms. The minimum Gasteiger partial charge on any atom is -0.481 e. The number of nitrogens with zero attached hydrogens (tertiary/aromatic N) is 2. The highest BCUT2D eigenvalue weighted by molar-refractivity contribution is 5.67. The monoisotopic (exact) mass is 290 g/mol. The second-order valence-electron chi connectivity index (χ2n) is 6.25. The van der Waals surface area contributed by atoms with Crippen molar-refractivity contribution in [3.05, 3.63) is 22.8 Å². The Bertz CT molecular complexity index is 483. The predicted octanol–water partition coefficient (Wildman–Crippen LogP) is 3.79. The first-order chi connectivity index (χ1) is 10.0. The van der Waals surface area contributed by atoms with Crippen molar-refractivity contribution in [3.63, 3.8) is 0 Å². The molecule has 1 saturated carbocycles. The second kappa shape index (κ2) is 7.01. The van der Waals surface area contributed by atoms with Crippen molar-refractivity contribution in [2.45, 2.75) is 71.6 Å². The van der Waals surface area contributed by atoms with E-state index in [9.17, 15) is 4.79 Å². The molecule has 116 valence electrons. The van der Waals surface area contributed by atoms with Gasteiger partial charge in [0.2, 0.25) is 0 Å². The molecule has 0 atom stereocenters. The van der Waals surface area contributed by atoms with Gasteiger partial charge in [-0.1, -0.05) is 13.3 Å². The zero-order valence-corrected chi connectivity index (χ0v) is 13.4. The van der Waals surface area contributed by atoms with Gasteiger partial charge >= 0.3 is 5.97 Å². The minimum absolute atomic E-state index is 0.145. The number of aliphatic carboxylic acids is 1. The third-order valence-corrected chi connectivity index (χ3v) is 4.82. The fourth-order valence-corrected chi connectivity index (χ4v) is 3.37. The molecule has 0 aliphatic heterocycles. The van der Waals surface area contributed by atoms with Crippen LogP contribution < -0.4 is 0 Å². The number of aromatic nitrogens is 2. The first-order valence-corrected chi connectivity index (χ1v) is 8.07. The Balaban J connectivity index is 2.10. The van der Waals surface area contributed by atoms with Crippen LogP contribution in [-0.4, -0.2) is 21.0 Å². The van der Waals surface area contributed by atoms with Crippen LogP contribution in [0, 0.1) is 19.8 Å². The van der Waals surface area contributed by atoms with Gasteiger partial charge in [0.25, 0.3) is 0 Å². The SMILES string of the molecule is CCC1CCC(c2nc(C)c(CCC(=O)O)c(C)n2)CC1. The summed E-state index contributed by atoms with van der Waals surface area (Å²) in [4.78, 5) is 20.1. The van der Waals surface area contributed by atoms with Gasteiger partial charge in [0.15, 0.2) is 0 Å². The summed E-state index contributed by atoms with van der Waals surface area (Å²) < 4.78 is 0. The first kappa shape index (κ1) is 15.9. The van der Waals surface area contributed by atoms with Gasteiger partial charge in [-0.3, -0.25) is 4.79 Å².